The Morgan fingerprint density at radius 2 is 2.14 bits per heavy atom. The molecule has 0 aliphatic rings. The van der Waals surface area contributed by atoms with E-state index in [4.69, 9.17) is 4.74 Å². The first kappa shape index (κ1) is 11.2. The third-order valence-electron chi connectivity index (χ3n) is 2.14. The smallest absolute Gasteiger partial charge is 0.0891 e. The maximum Gasteiger partial charge on any atom is 0.0891 e. The Hall–Kier alpha value is -0.863. The largest absolute Gasteiger partial charge is 0.382 e. The zero-order valence-corrected chi connectivity index (χ0v) is 10.2. The van der Waals surface area contributed by atoms with Crippen LogP contribution >= 0.6 is 0 Å². The fourth-order valence-electron chi connectivity index (χ4n) is 1.51. The minimum Gasteiger partial charge on any atom is -0.382 e. The van der Waals surface area contributed by atoms with Crippen molar-refractivity contribution in [2.75, 3.05) is 6.61 Å². The monoisotopic (exact) mass is 206 g/mol. The molecule has 1 rings (SSSR count). The summed E-state index contributed by atoms with van der Waals surface area (Å²) < 4.78 is 5.68. The molecule has 0 saturated heterocycles. The van der Waals surface area contributed by atoms with E-state index in [1.54, 1.807) is 0 Å². The quantitative estimate of drug-likeness (QED) is 0.505. The fourth-order valence-corrected chi connectivity index (χ4v) is 3.33. The van der Waals surface area contributed by atoms with Gasteiger partial charge >= 0.3 is 0 Å². The SMILES string of the molecule is C=CCC(OCC)[SiH2]c1ccccc1. The predicted octanol–water partition coefficient (Wildman–Crippen LogP) is 1.42. The fraction of sp³-hybridized carbons (Fsp3) is 0.333. The molecule has 0 radical (unpaired) electrons. The summed E-state index contributed by atoms with van der Waals surface area (Å²) in [7, 11) is -0.313. The van der Waals surface area contributed by atoms with Crippen LogP contribution in [0.3, 0.4) is 0 Å². The minimum atomic E-state index is -0.313. The van der Waals surface area contributed by atoms with Crippen LogP contribution in [-0.2, 0) is 4.74 Å². The summed E-state index contributed by atoms with van der Waals surface area (Å²) in [5.74, 6) is 0. The summed E-state index contributed by atoms with van der Waals surface area (Å²) >= 11 is 0. The van der Waals surface area contributed by atoms with Crippen LogP contribution in [-0.4, -0.2) is 21.9 Å². The third kappa shape index (κ3) is 3.90. The number of hydrogen-bond acceptors (Lipinski definition) is 1. The second-order valence-corrected chi connectivity index (χ2v) is 5.43. The van der Waals surface area contributed by atoms with Gasteiger partial charge in [0.2, 0.25) is 0 Å². The molecular formula is C12H18OSi. The molecule has 0 fully saturated rings. The van der Waals surface area contributed by atoms with Crippen molar-refractivity contribution in [2.45, 2.75) is 19.1 Å². The molecule has 76 valence electrons. The highest BCUT2D eigenvalue weighted by Crippen LogP contribution is 1.97. The Morgan fingerprint density at radius 1 is 1.43 bits per heavy atom. The van der Waals surface area contributed by atoms with E-state index < -0.39 is 0 Å². The number of rotatable bonds is 6. The molecule has 1 aromatic rings. The van der Waals surface area contributed by atoms with Crippen molar-refractivity contribution in [1.29, 1.82) is 0 Å². The van der Waals surface area contributed by atoms with E-state index in [0.717, 1.165) is 13.0 Å². The molecule has 0 N–H and O–H groups in total. The second kappa shape index (κ2) is 6.57. The summed E-state index contributed by atoms with van der Waals surface area (Å²) in [5.41, 5.74) is 0.417. The molecule has 2 heteroatoms. The summed E-state index contributed by atoms with van der Waals surface area (Å²) in [4.78, 5) is 0. The van der Waals surface area contributed by atoms with Crippen LogP contribution in [0.15, 0.2) is 43.0 Å². The van der Waals surface area contributed by atoms with Crippen molar-refractivity contribution in [3.05, 3.63) is 43.0 Å². The maximum absolute atomic E-state index is 5.68. The molecule has 0 aromatic heterocycles. The van der Waals surface area contributed by atoms with E-state index >= 15 is 0 Å². The summed E-state index contributed by atoms with van der Waals surface area (Å²) in [6.45, 7) is 6.62. The van der Waals surface area contributed by atoms with E-state index in [9.17, 15) is 0 Å². The lowest BCUT2D eigenvalue weighted by molar-refractivity contribution is 0.120. The van der Waals surface area contributed by atoms with Crippen LogP contribution in [0.4, 0.5) is 0 Å². The van der Waals surface area contributed by atoms with Crippen LogP contribution < -0.4 is 5.19 Å². The molecule has 0 spiro atoms. The zero-order valence-electron chi connectivity index (χ0n) is 8.78. The summed E-state index contributed by atoms with van der Waals surface area (Å²) in [5, 5.41) is 1.47. The van der Waals surface area contributed by atoms with Crippen LogP contribution in [0.25, 0.3) is 0 Å². The van der Waals surface area contributed by atoms with Gasteiger partial charge in [-0.3, -0.25) is 0 Å². The van der Waals surface area contributed by atoms with Crippen LogP contribution in [0.5, 0.6) is 0 Å². The van der Waals surface area contributed by atoms with Crippen LogP contribution in [0, 0.1) is 0 Å². The van der Waals surface area contributed by atoms with Crippen molar-refractivity contribution in [1.82, 2.24) is 0 Å². The lowest BCUT2D eigenvalue weighted by atomic mass is 10.4. The molecule has 0 bridgehead atoms. The third-order valence-corrected chi connectivity index (χ3v) is 4.11. The van der Waals surface area contributed by atoms with Gasteiger partial charge in [-0.05, 0) is 13.3 Å². The Kier molecular flexibility index (Phi) is 5.26. The average molecular weight is 206 g/mol. The van der Waals surface area contributed by atoms with Crippen molar-refractivity contribution in [3.63, 3.8) is 0 Å². The van der Waals surface area contributed by atoms with Gasteiger partial charge in [0.15, 0.2) is 0 Å². The Labute approximate surface area is 88.6 Å². The first-order valence-corrected chi connectivity index (χ1v) is 6.65. The van der Waals surface area contributed by atoms with Gasteiger partial charge in [-0.2, -0.15) is 0 Å². The molecule has 0 heterocycles. The number of ether oxygens (including phenoxy) is 1. The maximum atomic E-state index is 5.68. The molecule has 1 atom stereocenters. The van der Waals surface area contributed by atoms with Gasteiger partial charge in [0, 0.05) is 6.61 Å². The molecule has 1 unspecified atom stereocenters. The number of benzene rings is 1. The van der Waals surface area contributed by atoms with Crippen molar-refractivity contribution >= 4 is 14.7 Å². The molecule has 0 amide bonds. The van der Waals surface area contributed by atoms with Crippen molar-refractivity contribution in [3.8, 4) is 0 Å². The van der Waals surface area contributed by atoms with Gasteiger partial charge in [-0.1, -0.05) is 41.6 Å². The second-order valence-electron chi connectivity index (χ2n) is 3.29. The lowest BCUT2D eigenvalue weighted by Gasteiger charge is -2.14. The molecule has 1 nitrogen and oxygen atoms in total. The number of hydrogen-bond donors (Lipinski definition) is 0. The van der Waals surface area contributed by atoms with E-state index in [0.29, 0.717) is 5.73 Å². The molecule has 0 saturated carbocycles. The Balaban J connectivity index is 2.50. The predicted molar refractivity (Wildman–Crippen MR) is 64.8 cm³/mol. The van der Waals surface area contributed by atoms with Gasteiger partial charge in [0.05, 0.1) is 15.2 Å². The Bertz CT molecular complexity index is 258. The summed E-state index contributed by atoms with van der Waals surface area (Å²) in [6, 6.07) is 10.6. The highest BCUT2D eigenvalue weighted by Gasteiger charge is 2.07. The van der Waals surface area contributed by atoms with E-state index in [1.165, 1.54) is 5.19 Å². The Morgan fingerprint density at radius 3 is 2.71 bits per heavy atom. The van der Waals surface area contributed by atoms with Gasteiger partial charge in [-0.25, -0.2) is 0 Å². The topological polar surface area (TPSA) is 9.23 Å². The molecule has 0 aliphatic heterocycles. The normalized spacial score (nSPS) is 13.2. The van der Waals surface area contributed by atoms with E-state index in [2.05, 4.69) is 43.8 Å². The minimum absolute atomic E-state index is 0.313. The standard InChI is InChI=1S/C12H18OSi/c1-3-8-12(13-4-2)14-11-9-6-5-7-10-11/h3,5-7,9-10,12H,1,4,8,14H2,2H3. The zero-order chi connectivity index (χ0) is 10.2. The molecule has 14 heavy (non-hydrogen) atoms. The molecular weight excluding hydrogens is 188 g/mol. The van der Waals surface area contributed by atoms with Crippen molar-refractivity contribution < 1.29 is 4.74 Å². The van der Waals surface area contributed by atoms with Crippen LogP contribution in [0.2, 0.25) is 0 Å². The van der Waals surface area contributed by atoms with E-state index in [1.807, 2.05) is 6.08 Å². The van der Waals surface area contributed by atoms with Gasteiger partial charge < -0.3 is 4.74 Å². The van der Waals surface area contributed by atoms with Gasteiger partial charge in [-0.15, -0.1) is 6.58 Å². The first-order chi connectivity index (χ1) is 6.86. The summed E-state index contributed by atoms with van der Waals surface area (Å²) in [6.07, 6.45) is 2.94. The molecule has 1 aromatic carbocycles. The lowest BCUT2D eigenvalue weighted by Crippen LogP contribution is -2.30. The first-order valence-electron chi connectivity index (χ1n) is 5.13. The van der Waals surface area contributed by atoms with Crippen LogP contribution in [0.1, 0.15) is 13.3 Å². The van der Waals surface area contributed by atoms with Crippen molar-refractivity contribution in [2.24, 2.45) is 0 Å². The highest BCUT2D eigenvalue weighted by molar-refractivity contribution is 6.54. The van der Waals surface area contributed by atoms with E-state index in [-0.39, 0.29) is 9.52 Å². The van der Waals surface area contributed by atoms with Gasteiger partial charge in [0.1, 0.15) is 0 Å². The van der Waals surface area contributed by atoms with Gasteiger partial charge in [0.25, 0.3) is 0 Å². The highest BCUT2D eigenvalue weighted by atomic mass is 28.2. The average Bonchev–Trinajstić information content (AvgIpc) is 2.20. The molecule has 0 aliphatic carbocycles.